The molecule has 0 fully saturated rings. The predicted octanol–water partition coefficient (Wildman–Crippen LogP) is 16.6. The van der Waals surface area contributed by atoms with Crippen LogP contribution in [0.15, 0.2) is 156 Å². The summed E-state index contributed by atoms with van der Waals surface area (Å²) in [6, 6.07) is 58.2. The second-order valence-corrected chi connectivity index (χ2v) is 19.7. The van der Waals surface area contributed by atoms with Gasteiger partial charge in [0.25, 0.3) is 0 Å². The molecular weight excluding hydrogens is 971 g/mol. The molecule has 7 aromatic carbocycles. The van der Waals surface area contributed by atoms with Gasteiger partial charge in [0.05, 0.1) is 22.4 Å². The molecule has 329 valence electrons. The number of aromatic nitrogens is 3. The fourth-order valence-electron chi connectivity index (χ4n) is 8.94. The number of rotatable bonds is 6. The number of fused-ring (bicyclic) bond motifs is 6. The number of pyridine rings is 1. The van der Waals surface area contributed by atoms with Gasteiger partial charge in [0, 0.05) is 42.8 Å². The molecule has 0 aliphatic rings. The molecule has 0 amide bonds. The van der Waals surface area contributed by atoms with Crippen LogP contribution in [0.2, 0.25) is 0 Å². The van der Waals surface area contributed by atoms with E-state index in [2.05, 4.69) is 212 Å². The number of nitrogens with zero attached hydrogens (tertiary/aromatic N) is 3. The third-order valence-corrected chi connectivity index (χ3v) is 12.4. The van der Waals surface area contributed by atoms with Crippen LogP contribution >= 0.6 is 0 Å². The van der Waals surface area contributed by atoms with E-state index in [0.29, 0.717) is 0 Å². The SMILES string of the molecule is CC(C)(C)c1ccnc(-c2[c-]cccc2)c1.CC(C)c1cc(-c2ccccc2)cc(C(C)C)c1-n1c(-c2[c-]cc(C(C)(C)C)c3c2oc2c4ccccc4ccc23)nc2ccccc21.[Ir]. The van der Waals surface area contributed by atoms with Crippen molar-refractivity contribution in [3.05, 3.63) is 186 Å². The summed E-state index contributed by atoms with van der Waals surface area (Å²) in [5.41, 5.74) is 15.5. The Balaban J connectivity index is 0.000000287. The minimum Gasteiger partial charge on any atom is -0.500 e. The van der Waals surface area contributed by atoms with Crippen molar-refractivity contribution in [1.82, 2.24) is 14.5 Å². The topological polar surface area (TPSA) is 43.9 Å². The van der Waals surface area contributed by atoms with Gasteiger partial charge in [-0.05, 0) is 91.9 Å². The van der Waals surface area contributed by atoms with Crippen molar-refractivity contribution in [1.29, 1.82) is 0 Å². The van der Waals surface area contributed by atoms with Gasteiger partial charge in [0.15, 0.2) is 0 Å². The normalized spacial score (nSPS) is 12.0. The molecule has 0 unspecified atom stereocenters. The van der Waals surface area contributed by atoms with Crippen molar-refractivity contribution in [3.8, 4) is 39.5 Å². The molecule has 0 aliphatic carbocycles. The Labute approximate surface area is 398 Å². The molecule has 0 aliphatic heterocycles. The fourth-order valence-corrected chi connectivity index (χ4v) is 8.94. The molecule has 10 rings (SSSR count). The molecule has 65 heavy (non-hydrogen) atoms. The molecule has 4 nitrogen and oxygen atoms in total. The first-order valence-corrected chi connectivity index (χ1v) is 22.6. The van der Waals surface area contributed by atoms with E-state index in [0.717, 1.165) is 61.0 Å². The summed E-state index contributed by atoms with van der Waals surface area (Å²) in [5.74, 6) is 1.40. The molecule has 0 spiro atoms. The van der Waals surface area contributed by atoms with Gasteiger partial charge in [0.1, 0.15) is 5.58 Å². The minimum atomic E-state index is -0.112. The van der Waals surface area contributed by atoms with Gasteiger partial charge < -0.3 is 14.0 Å². The monoisotopic (exact) mass is 1030 g/mol. The van der Waals surface area contributed by atoms with E-state index in [9.17, 15) is 0 Å². The van der Waals surface area contributed by atoms with E-state index in [4.69, 9.17) is 9.40 Å². The molecule has 5 heteroatoms. The average Bonchev–Trinajstić information content (AvgIpc) is 3.88. The van der Waals surface area contributed by atoms with Crippen LogP contribution in [-0.2, 0) is 30.9 Å². The molecule has 0 saturated heterocycles. The molecule has 0 N–H and O–H groups in total. The van der Waals surface area contributed by atoms with Crippen molar-refractivity contribution >= 4 is 43.7 Å². The summed E-state index contributed by atoms with van der Waals surface area (Å²) in [7, 11) is 0. The van der Waals surface area contributed by atoms with Crippen LogP contribution in [0.25, 0.3) is 83.2 Å². The molecule has 3 aromatic heterocycles. The van der Waals surface area contributed by atoms with Crippen LogP contribution < -0.4 is 0 Å². The van der Waals surface area contributed by atoms with Gasteiger partial charge in [-0.3, -0.25) is 4.98 Å². The van der Waals surface area contributed by atoms with Crippen LogP contribution in [0.4, 0.5) is 0 Å². The first-order chi connectivity index (χ1) is 30.7. The van der Waals surface area contributed by atoms with E-state index in [1.54, 1.807) is 0 Å². The number of imidazole rings is 1. The van der Waals surface area contributed by atoms with Crippen LogP contribution in [0.1, 0.15) is 103 Å². The number of para-hydroxylation sites is 2. The number of furan rings is 1. The first kappa shape index (κ1) is 45.4. The van der Waals surface area contributed by atoms with Gasteiger partial charge in [-0.25, -0.2) is 0 Å². The summed E-state index contributed by atoms with van der Waals surface area (Å²) in [6.07, 6.45) is 1.87. The Morgan fingerprint density at radius 2 is 1.29 bits per heavy atom. The summed E-state index contributed by atoms with van der Waals surface area (Å²) >= 11 is 0. The molecule has 3 heterocycles. The molecule has 10 aromatic rings. The Morgan fingerprint density at radius 3 is 1.97 bits per heavy atom. The van der Waals surface area contributed by atoms with E-state index < -0.39 is 0 Å². The number of hydrogen-bond acceptors (Lipinski definition) is 3. The van der Waals surface area contributed by atoms with Crippen molar-refractivity contribution in [2.45, 2.75) is 91.9 Å². The van der Waals surface area contributed by atoms with Gasteiger partial charge in [-0.1, -0.05) is 165 Å². The Morgan fingerprint density at radius 1 is 0.615 bits per heavy atom. The number of benzene rings is 7. The third-order valence-electron chi connectivity index (χ3n) is 12.4. The Hall–Kier alpha value is -6.13. The third kappa shape index (κ3) is 8.73. The maximum absolute atomic E-state index is 7.02. The minimum absolute atomic E-state index is 0. The van der Waals surface area contributed by atoms with E-state index in [1.807, 2.05) is 30.5 Å². The number of hydrogen-bond donors (Lipinski definition) is 0. The smallest absolute Gasteiger partial charge is 0.128 e. The van der Waals surface area contributed by atoms with Gasteiger partial charge in [-0.2, -0.15) is 0 Å². The quantitative estimate of drug-likeness (QED) is 0.156. The van der Waals surface area contributed by atoms with Crippen molar-refractivity contribution < 1.29 is 24.5 Å². The van der Waals surface area contributed by atoms with Crippen LogP contribution in [0.5, 0.6) is 0 Å². The fraction of sp³-hybridized carbons (Fsp3) is 0.233. The van der Waals surface area contributed by atoms with Crippen LogP contribution in [-0.4, -0.2) is 14.5 Å². The Bertz CT molecular complexity index is 3260. The zero-order valence-corrected chi connectivity index (χ0v) is 41.6. The van der Waals surface area contributed by atoms with E-state index >= 15 is 0 Å². The molecule has 0 saturated carbocycles. The van der Waals surface area contributed by atoms with E-state index in [1.165, 1.54) is 44.5 Å². The van der Waals surface area contributed by atoms with Crippen molar-refractivity contribution in [2.75, 3.05) is 0 Å². The van der Waals surface area contributed by atoms with Gasteiger partial charge in [0.2, 0.25) is 0 Å². The molecule has 0 bridgehead atoms. The summed E-state index contributed by atoms with van der Waals surface area (Å²) in [4.78, 5) is 9.78. The van der Waals surface area contributed by atoms with E-state index in [-0.39, 0.29) is 42.8 Å². The van der Waals surface area contributed by atoms with Gasteiger partial charge >= 0.3 is 0 Å². The average molecular weight is 1030 g/mol. The van der Waals surface area contributed by atoms with Gasteiger partial charge in [-0.15, -0.1) is 53.6 Å². The zero-order valence-electron chi connectivity index (χ0n) is 39.2. The van der Waals surface area contributed by atoms with Crippen LogP contribution in [0.3, 0.4) is 0 Å². The maximum atomic E-state index is 7.02. The predicted molar refractivity (Wildman–Crippen MR) is 270 cm³/mol. The summed E-state index contributed by atoms with van der Waals surface area (Å²) in [5, 5.41) is 4.56. The van der Waals surface area contributed by atoms with Crippen LogP contribution in [0, 0.1) is 12.1 Å². The molecular formula is C60H57IrN3O-2. The summed E-state index contributed by atoms with van der Waals surface area (Å²) in [6.45, 7) is 22.6. The standard InChI is InChI=1S/C45H41N2O.C15H16N.Ir/c1-27(2)35-25-31(29-15-9-8-10-16-29)26-36(28(3)4)41(35)47-39-20-14-13-19-38(39)46-44(47)34-23-24-37(45(5,6)7)40-33-22-21-30-17-11-12-18-32(30)42(33)48-43(34)40;1-15(2,3)13-9-10-16-14(11-13)12-7-5-4-6-8-12;/h8-22,24-28H,1-7H3;4-7,9-11H,1-3H3;/q2*-1;. The largest absolute Gasteiger partial charge is 0.500 e. The molecule has 0 atom stereocenters. The van der Waals surface area contributed by atoms with Crippen molar-refractivity contribution in [3.63, 3.8) is 0 Å². The second kappa shape index (κ2) is 18.0. The molecule has 1 radical (unpaired) electrons. The summed E-state index contributed by atoms with van der Waals surface area (Å²) < 4.78 is 9.41. The van der Waals surface area contributed by atoms with Crippen molar-refractivity contribution in [2.24, 2.45) is 0 Å². The zero-order chi connectivity index (χ0) is 44.9. The Kier molecular flexibility index (Phi) is 12.6. The maximum Gasteiger partial charge on any atom is 0.128 e. The second-order valence-electron chi connectivity index (χ2n) is 19.7. The first-order valence-electron chi connectivity index (χ1n) is 22.6.